The molecular weight excluding hydrogens is 471 g/mol. The molecule has 174 valence electrons. The van der Waals surface area contributed by atoms with Crippen LogP contribution < -0.4 is 10.1 Å². The standard InChI is InChI=1S/C23H16F3N3O4S/c1-12-9-14(4-6-16(12)22-28-18-7-5-15(33-2)11-20(18)34-22)27-21(30)13-3-8-19(29(31)32)17(10-13)23(24,25)26/h3-11H,1-2H3,(H,27,30). The highest BCUT2D eigenvalue weighted by atomic mass is 32.1. The second-order valence-corrected chi connectivity index (χ2v) is 8.35. The highest BCUT2D eigenvalue weighted by molar-refractivity contribution is 7.21. The monoisotopic (exact) mass is 487 g/mol. The molecule has 34 heavy (non-hydrogen) atoms. The van der Waals surface area contributed by atoms with Gasteiger partial charge in [-0.3, -0.25) is 14.9 Å². The summed E-state index contributed by atoms with van der Waals surface area (Å²) in [5, 5.41) is 14.2. The topological polar surface area (TPSA) is 94.4 Å². The van der Waals surface area contributed by atoms with Gasteiger partial charge in [-0.1, -0.05) is 0 Å². The average molecular weight is 487 g/mol. The number of aromatic nitrogens is 1. The maximum atomic E-state index is 13.2. The van der Waals surface area contributed by atoms with E-state index in [1.54, 1.807) is 25.3 Å². The van der Waals surface area contributed by atoms with Gasteiger partial charge in [0.2, 0.25) is 0 Å². The minimum Gasteiger partial charge on any atom is -0.497 e. The third-order valence-electron chi connectivity index (χ3n) is 5.07. The van der Waals surface area contributed by atoms with Gasteiger partial charge in [-0.15, -0.1) is 11.3 Å². The van der Waals surface area contributed by atoms with E-state index in [1.807, 2.05) is 25.1 Å². The zero-order valence-corrected chi connectivity index (χ0v) is 18.6. The summed E-state index contributed by atoms with van der Waals surface area (Å²) in [6.45, 7) is 1.82. The summed E-state index contributed by atoms with van der Waals surface area (Å²) in [6, 6.07) is 12.8. The van der Waals surface area contributed by atoms with Crippen LogP contribution in [0.25, 0.3) is 20.8 Å². The SMILES string of the molecule is COc1ccc2nc(-c3ccc(NC(=O)c4ccc([N+](=O)[O-])c(C(F)(F)F)c4)cc3C)sc2c1. The third kappa shape index (κ3) is 4.55. The number of nitro benzene ring substituents is 1. The van der Waals surface area contributed by atoms with Crippen LogP contribution in [-0.4, -0.2) is 22.9 Å². The Kier molecular flexibility index (Phi) is 5.96. The van der Waals surface area contributed by atoms with Gasteiger partial charge in [0.05, 0.1) is 22.2 Å². The van der Waals surface area contributed by atoms with E-state index in [2.05, 4.69) is 10.3 Å². The van der Waals surface area contributed by atoms with Gasteiger partial charge in [-0.05, 0) is 61.0 Å². The number of nitrogens with zero attached hydrogens (tertiary/aromatic N) is 2. The number of nitrogens with one attached hydrogen (secondary N) is 1. The predicted octanol–water partition coefficient (Wildman–Crippen LogP) is 6.46. The number of nitro groups is 1. The van der Waals surface area contributed by atoms with E-state index in [0.717, 1.165) is 38.2 Å². The van der Waals surface area contributed by atoms with Crippen LogP contribution in [0.15, 0.2) is 54.6 Å². The minimum atomic E-state index is -4.97. The summed E-state index contributed by atoms with van der Waals surface area (Å²) < 4.78 is 45.8. The number of halogens is 3. The van der Waals surface area contributed by atoms with Crippen molar-refractivity contribution in [3.05, 3.63) is 81.4 Å². The molecule has 0 fully saturated rings. The van der Waals surface area contributed by atoms with Crippen molar-refractivity contribution in [1.29, 1.82) is 0 Å². The molecule has 1 heterocycles. The van der Waals surface area contributed by atoms with Crippen LogP contribution in [-0.2, 0) is 6.18 Å². The van der Waals surface area contributed by atoms with E-state index in [4.69, 9.17) is 4.74 Å². The maximum absolute atomic E-state index is 13.2. The Morgan fingerprint density at radius 3 is 2.53 bits per heavy atom. The van der Waals surface area contributed by atoms with E-state index < -0.39 is 28.3 Å². The fourth-order valence-corrected chi connectivity index (χ4v) is 4.48. The predicted molar refractivity (Wildman–Crippen MR) is 122 cm³/mol. The van der Waals surface area contributed by atoms with Crippen LogP contribution in [0, 0.1) is 17.0 Å². The molecule has 7 nitrogen and oxygen atoms in total. The number of aryl methyl sites for hydroxylation is 1. The Balaban J connectivity index is 1.59. The molecule has 0 bridgehead atoms. The maximum Gasteiger partial charge on any atom is 0.423 e. The first-order chi connectivity index (χ1) is 16.1. The second-order valence-electron chi connectivity index (χ2n) is 7.32. The van der Waals surface area contributed by atoms with Crippen LogP contribution in [0.2, 0.25) is 0 Å². The molecule has 3 aromatic carbocycles. The number of amides is 1. The Morgan fingerprint density at radius 1 is 1.12 bits per heavy atom. The molecule has 0 saturated heterocycles. The number of fused-ring (bicyclic) bond motifs is 1. The van der Waals surface area contributed by atoms with E-state index in [0.29, 0.717) is 17.8 Å². The van der Waals surface area contributed by atoms with E-state index >= 15 is 0 Å². The van der Waals surface area contributed by atoms with Crippen LogP contribution >= 0.6 is 11.3 Å². The first-order valence-electron chi connectivity index (χ1n) is 9.79. The quantitative estimate of drug-likeness (QED) is 0.258. The summed E-state index contributed by atoms with van der Waals surface area (Å²) >= 11 is 1.48. The van der Waals surface area contributed by atoms with Gasteiger partial charge in [-0.2, -0.15) is 13.2 Å². The van der Waals surface area contributed by atoms with Crippen LogP contribution in [0.4, 0.5) is 24.5 Å². The van der Waals surface area contributed by atoms with E-state index in [-0.39, 0.29) is 5.56 Å². The Bertz CT molecular complexity index is 1430. The number of rotatable bonds is 5. The summed E-state index contributed by atoms with van der Waals surface area (Å²) in [4.78, 5) is 27.0. The van der Waals surface area contributed by atoms with Crippen molar-refractivity contribution in [2.45, 2.75) is 13.1 Å². The Hall–Kier alpha value is -3.99. The summed E-state index contributed by atoms with van der Waals surface area (Å²) in [5.41, 5.74) is -0.129. The fourth-order valence-electron chi connectivity index (χ4n) is 3.40. The molecular formula is C23H16F3N3O4S. The molecule has 0 radical (unpaired) electrons. The van der Waals surface area contributed by atoms with Crippen molar-refractivity contribution in [3.63, 3.8) is 0 Å². The summed E-state index contributed by atoms with van der Waals surface area (Å²) in [5.74, 6) is -0.1000. The molecule has 0 aliphatic heterocycles. The van der Waals surface area contributed by atoms with E-state index in [9.17, 15) is 28.1 Å². The number of carbonyl (C=O) groups is 1. The molecule has 0 aliphatic rings. The normalized spacial score (nSPS) is 11.4. The number of hydrogen-bond acceptors (Lipinski definition) is 6. The Morgan fingerprint density at radius 2 is 1.88 bits per heavy atom. The molecule has 1 aromatic heterocycles. The van der Waals surface area contributed by atoms with Crippen molar-refractivity contribution < 1.29 is 27.6 Å². The van der Waals surface area contributed by atoms with Crippen LogP contribution in [0.1, 0.15) is 21.5 Å². The van der Waals surface area contributed by atoms with Gasteiger partial charge in [0.1, 0.15) is 16.3 Å². The fraction of sp³-hybridized carbons (Fsp3) is 0.130. The molecule has 0 aliphatic carbocycles. The van der Waals surface area contributed by atoms with Gasteiger partial charge in [0, 0.05) is 22.9 Å². The molecule has 1 amide bonds. The lowest BCUT2D eigenvalue weighted by Crippen LogP contribution is -2.15. The lowest BCUT2D eigenvalue weighted by molar-refractivity contribution is -0.388. The third-order valence-corrected chi connectivity index (χ3v) is 6.12. The summed E-state index contributed by atoms with van der Waals surface area (Å²) in [7, 11) is 1.58. The first-order valence-corrected chi connectivity index (χ1v) is 10.6. The van der Waals surface area contributed by atoms with Gasteiger partial charge >= 0.3 is 6.18 Å². The number of ether oxygens (including phenoxy) is 1. The molecule has 4 aromatic rings. The Labute approximate surface area is 195 Å². The molecule has 1 N–H and O–H groups in total. The summed E-state index contributed by atoms with van der Waals surface area (Å²) in [6.07, 6.45) is -4.97. The van der Waals surface area contributed by atoms with Crippen molar-refractivity contribution in [1.82, 2.24) is 4.98 Å². The lowest BCUT2D eigenvalue weighted by Gasteiger charge is -2.11. The zero-order valence-electron chi connectivity index (χ0n) is 17.8. The minimum absolute atomic E-state index is 0.347. The molecule has 0 unspecified atom stereocenters. The van der Waals surface area contributed by atoms with Crippen molar-refractivity contribution >= 4 is 38.8 Å². The van der Waals surface area contributed by atoms with E-state index in [1.165, 1.54) is 11.3 Å². The number of thiazole rings is 1. The van der Waals surface area contributed by atoms with Gasteiger partial charge in [0.15, 0.2) is 0 Å². The molecule has 11 heteroatoms. The number of carbonyl (C=O) groups excluding carboxylic acids is 1. The molecule has 4 rings (SSSR count). The molecule has 0 saturated carbocycles. The zero-order chi connectivity index (χ0) is 24.6. The first kappa shape index (κ1) is 23.2. The largest absolute Gasteiger partial charge is 0.497 e. The van der Waals surface area contributed by atoms with Crippen molar-refractivity contribution in [3.8, 4) is 16.3 Å². The van der Waals surface area contributed by atoms with Crippen molar-refractivity contribution in [2.24, 2.45) is 0 Å². The van der Waals surface area contributed by atoms with Crippen molar-refractivity contribution in [2.75, 3.05) is 12.4 Å². The molecule has 0 atom stereocenters. The number of methoxy groups -OCH3 is 1. The highest BCUT2D eigenvalue weighted by Crippen LogP contribution is 2.37. The number of hydrogen-bond donors (Lipinski definition) is 1. The highest BCUT2D eigenvalue weighted by Gasteiger charge is 2.38. The smallest absolute Gasteiger partial charge is 0.423 e. The average Bonchev–Trinajstić information content (AvgIpc) is 3.20. The number of anilines is 1. The van der Waals surface area contributed by atoms with Crippen LogP contribution in [0.5, 0.6) is 5.75 Å². The van der Waals surface area contributed by atoms with Gasteiger partial charge in [0.25, 0.3) is 11.6 Å². The second kappa shape index (κ2) is 8.75. The lowest BCUT2D eigenvalue weighted by atomic mass is 10.1. The van der Waals surface area contributed by atoms with Gasteiger partial charge in [-0.25, -0.2) is 4.98 Å². The van der Waals surface area contributed by atoms with Gasteiger partial charge < -0.3 is 10.1 Å². The molecule has 0 spiro atoms. The van der Waals surface area contributed by atoms with Crippen LogP contribution in [0.3, 0.4) is 0 Å². The number of alkyl halides is 3. The number of benzene rings is 3.